The Morgan fingerprint density at radius 1 is 0.735 bits per heavy atom. The summed E-state index contributed by atoms with van der Waals surface area (Å²) >= 11 is 0. The van der Waals surface area contributed by atoms with Crippen molar-refractivity contribution in [2.24, 2.45) is 0 Å². The van der Waals surface area contributed by atoms with Crippen molar-refractivity contribution in [3.8, 4) is 0 Å². The third-order valence-electron chi connectivity index (χ3n) is 8.79. The van der Waals surface area contributed by atoms with Crippen molar-refractivity contribution >= 4 is 35.3 Å². The summed E-state index contributed by atoms with van der Waals surface area (Å²) in [6, 6.07) is 27.9. The van der Waals surface area contributed by atoms with Crippen LogP contribution in [-0.2, 0) is 46.8 Å². The molecule has 2 aliphatic heterocycles. The Morgan fingerprint density at radius 3 is 1.94 bits per heavy atom. The maximum atomic E-state index is 14.5. The third kappa shape index (κ3) is 7.75. The zero-order valence-electron chi connectivity index (χ0n) is 27.8. The van der Waals surface area contributed by atoms with E-state index in [1.165, 1.54) is 9.80 Å². The number of nitrogens with one attached hydrogen (secondary N) is 2. The lowest BCUT2D eigenvalue weighted by Gasteiger charge is -2.42. The summed E-state index contributed by atoms with van der Waals surface area (Å²) in [5.74, 6) is -1.88. The quantitative estimate of drug-likeness (QED) is 0.214. The molecule has 252 valence electrons. The smallest absolute Gasteiger partial charge is 0.411 e. The number of carbonyl (C=O) groups is 4. The third-order valence-corrected chi connectivity index (χ3v) is 8.79. The number of aliphatic carboxylic acids is 1. The molecule has 0 fully saturated rings. The van der Waals surface area contributed by atoms with Gasteiger partial charge in [0.2, 0.25) is 5.91 Å². The summed E-state index contributed by atoms with van der Waals surface area (Å²) in [7, 11) is 0. The highest BCUT2D eigenvalue weighted by Gasteiger charge is 2.43. The van der Waals surface area contributed by atoms with Gasteiger partial charge in [-0.25, -0.2) is 9.59 Å². The molecule has 0 radical (unpaired) electrons. The predicted molar refractivity (Wildman–Crippen MR) is 186 cm³/mol. The van der Waals surface area contributed by atoms with Gasteiger partial charge in [0.25, 0.3) is 5.91 Å². The highest BCUT2D eigenvalue weighted by molar-refractivity contribution is 6.04. The monoisotopic (exact) mass is 660 g/mol. The highest BCUT2D eigenvalue weighted by Crippen LogP contribution is 2.32. The Hall–Kier alpha value is -5.64. The molecule has 2 atom stereocenters. The molecular formula is C39H40N4O6. The van der Waals surface area contributed by atoms with E-state index in [-0.39, 0.29) is 31.8 Å². The van der Waals surface area contributed by atoms with Crippen molar-refractivity contribution < 1.29 is 29.0 Å². The molecule has 10 nitrogen and oxygen atoms in total. The maximum Gasteiger partial charge on any atom is 0.411 e. The number of carbonyl (C=O) groups excluding carboxylic acids is 3. The summed E-state index contributed by atoms with van der Waals surface area (Å²) in [6.07, 6.45) is -0.348. The first-order chi connectivity index (χ1) is 23.4. The van der Waals surface area contributed by atoms with Crippen LogP contribution in [0, 0.1) is 0 Å². The second kappa shape index (κ2) is 13.8. The van der Waals surface area contributed by atoms with Gasteiger partial charge in [-0.15, -0.1) is 0 Å². The minimum atomic E-state index is -1.13. The molecule has 0 spiro atoms. The van der Waals surface area contributed by atoms with Crippen LogP contribution in [0.4, 0.5) is 16.2 Å². The molecule has 0 bridgehead atoms. The Bertz CT molecular complexity index is 1870. The Kier molecular flexibility index (Phi) is 9.40. The van der Waals surface area contributed by atoms with Crippen LogP contribution in [0.1, 0.15) is 58.9 Å². The van der Waals surface area contributed by atoms with Gasteiger partial charge in [-0.2, -0.15) is 0 Å². The molecule has 0 aliphatic carbocycles. The average Bonchev–Trinajstić information content (AvgIpc) is 3.09. The number of benzene rings is 4. The van der Waals surface area contributed by atoms with Gasteiger partial charge >= 0.3 is 12.1 Å². The van der Waals surface area contributed by atoms with Crippen molar-refractivity contribution in [2.75, 3.05) is 10.6 Å². The molecule has 6 rings (SSSR count). The van der Waals surface area contributed by atoms with Gasteiger partial charge in [0, 0.05) is 42.9 Å². The molecule has 3 N–H and O–H groups in total. The number of rotatable bonds is 7. The number of ether oxygens (including phenoxy) is 1. The highest BCUT2D eigenvalue weighted by atomic mass is 16.6. The van der Waals surface area contributed by atoms with E-state index in [1.54, 1.807) is 63.2 Å². The molecule has 49 heavy (non-hydrogen) atoms. The lowest BCUT2D eigenvalue weighted by molar-refractivity contribution is -0.154. The van der Waals surface area contributed by atoms with Crippen LogP contribution in [-0.4, -0.2) is 56.5 Å². The topological polar surface area (TPSA) is 128 Å². The van der Waals surface area contributed by atoms with E-state index < -0.39 is 35.7 Å². The predicted octanol–water partition coefficient (Wildman–Crippen LogP) is 6.25. The van der Waals surface area contributed by atoms with Gasteiger partial charge in [0.05, 0.1) is 6.54 Å². The van der Waals surface area contributed by atoms with E-state index >= 15 is 0 Å². The number of nitrogens with zero attached hydrogens (tertiary/aromatic N) is 2. The second-order valence-electron chi connectivity index (χ2n) is 13.5. The minimum Gasteiger partial charge on any atom is -0.480 e. The van der Waals surface area contributed by atoms with Gasteiger partial charge in [0.15, 0.2) is 0 Å². The SMILES string of the molecule is CC(C)(C)OC(=O)N1Cc2cc(NCc3ccccc3)ccc2CC1C(=O)N1Cc2cc(NC(=O)c3ccccc3)ccc2CC1C(=O)O. The first-order valence-corrected chi connectivity index (χ1v) is 16.4. The molecule has 3 amide bonds. The molecule has 4 aromatic rings. The average molecular weight is 661 g/mol. The summed E-state index contributed by atoms with van der Waals surface area (Å²) < 4.78 is 5.76. The molecule has 2 unspecified atom stereocenters. The largest absolute Gasteiger partial charge is 0.480 e. The summed E-state index contributed by atoms with van der Waals surface area (Å²) in [5.41, 5.74) is 5.53. The van der Waals surface area contributed by atoms with Crippen molar-refractivity contribution in [3.05, 3.63) is 130 Å². The van der Waals surface area contributed by atoms with E-state index in [2.05, 4.69) is 10.6 Å². The lowest BCUT2D eigenvalue weighted by Crippen LogP contribution is -2.58. The van der Waals surface area contributed by atoms with Crippen LogP contribution in [0.15, 0.2) is 97.1 Å². The molecule has 10 heteroatoms. The molecular weight excluding hydrogens is 620 g/mol. The molecule has 0 saturated heterocycles. The minimum absolute atomic E-state index is 0.00798. The first-order valence-electron chi connectivity index (χ1n) is 16.4. The van der Waals surface area contributed by atoms with Crippen LogP contribution in [0.25, 0.3) is 0 Å². The number of hydrogen-bond donors (Lipinski definition) is 3. The number of hydrogen-bond acceptors (Lipinski definition) is 6. The van der Waals surface area contributed by atoms with Gasteiger partial charge in [-0.3, -0.25) is 14.5 Å². The number of carboxylic acids is 1. The number of carboxylic acid groups (broad SMARTS) is 1. The fourth-order valence-electron chi connectivity index (χ4n) is 6.33. The van der Waals surface area contributed by atoms with Crippen molar-refractivity contribution in [2.45, 2.75) is 70.9 Å². The normalized spacial score (nSPS) is 17.0. The van der Waals surface area contributed by atoms with Gasteiger partial charge in [-0.05, 0) is 85.0 Å². The van der Waals surface area contributed by atoms with Crippen LogP contribution in [0.2, 0.25) is 0 Å². The first kappa shape index (κ1) is 33.3. The van der Waals surface area contributed by atoms with E-state index in [4.69, 9.17) is 4.74 Å². The fourth-order valence-corrected chi connectivity index (χ4v) is 6.33. The zero-order valence-corrected chi connectivity index (χ0v) is 27.8. The lowest BCUT2D eigenvalue weighted by atomic mass is 9.89. The van der Waals surface area contributed by atoms with Crippen LogP contribution >= 0.6 is 0 Å². The number of anilines is 2. The summed E-state index contributed by atoms with van der Waals surface area (Å²) in [5, 5.41) is 16.6. The van der Waals surface area contributed by atoms with E-state index in [0.29, 0.717) is 17.8 Å². The second-order valence-corrected chi connectivity index (χ2v) is 13.5. The Morgan fingerprint density at radius 2 is 1.31 bits per heavy atom. The van der Waals surface area contributed by atoms with Gasteiger partial charge in [-0.1, -0.05) is 60.7 Å². The molecule has 0 aromatic heterocycles. The molecule has 0 saturated carbocycles. The summed E-state index contributed by atoms with van der Waals surface area (Å²) in [6.45, 7) is 6.05. The number of amides is 3. The zero-order chi connectivity index (χ0) is 34.7. The maximum absolute atomic E-state index is 14.5. The fraction of sp³-hybridized carbons (Fsp3) is 0.282. The van der Waals surface area contributed by atoms with Crippen LogP contribution in [0.5, 0.6) is 0 Å². The van der Waals surface area contributed by atoms with E-state index in [0.717, 1.165) is 33.5 Å². The Balaban J connectivity index is 1.26. The van der Waals surface area contributed by atoms with Crippen molar-refractivity contribution in [3.63, 3.8) is 0 Å². The van der Waals surface area contributed by atoms with Crippen molar-refractivity contribution in [1.82, 2.24) is 9.80 Å². The molecule has 2 heterocycles. The Labute approximate surface area is 285 Å². The summed E-state index contributed by atoms with van der Waals surface area (Å²) in [4.78, 5) is 56.3. The van der Waals surface area contributed by atoms with E-state index in [9.17, 15) is 24.3 Å². The van der Waals surface area contributed by atoms with Crippen molar-refractivity contribution in [1.29, 1.82) is 0 Å². The molecule has 4 aromatic carbocycles. The van der Waals surface area contributed by atoms with Gasteiger partial charge in [0.1, 0.15) is 17.7 Å². The van der Waals surface area contributed by atoms with Crippen LogP contribution < -0.4 is 10.6 Å². The number of fused-ring (bicyclic) bond motifs is 2. The standard InChI is InChI=1S/C39H40N4O6/c1-39(2,3)49-38(48)43-24-29-18-31(40-22-25-10-6-4-7-11-25)16-14-27(29)20-33(43)36(45)42-23-30-19-32(17-15-28(30)21-34(42)37(46)47)41-35(44)26-12-8-5-9-13-26/h4-19,33-34,40H,20-24H2,1-3H3,(H,41,44)(H,46,47). The van der Waals surface area contributed by atoms with Gasteiger partial charge < -0.3 is 25.4 Å². The van der Waals surface area contributed by atoms with E-state index in [1.807, 2.05) is 54.6 Å². The molecule has 2 aliphatic rings. The van der Waals surface area contributed by atoms with Crippen LogP contribution in [0.3, 0.4) is 0 Å².